The summed E-state index contributed by atoms with van der Waals surface area (Å²) in [5, 5.41) is 0. The fourth-order valence-corrected chi connectivity index (χ4v) is 2.65. The normalized spacial score (nSPS) is 12.4. The molecule has 2 aromatic carbocycles. The standard InChI is InChI=1S/C15H17BrN2/c1-10-4-3-5-12(8-10)15(18-17)14-7-6-13(16)9-11(14)2/h3-9,15,18H,17H2,1-2H3. The SMILES string of the molecule is Cc1cccc(C(NN)c2ccc(Br)cc2C)c1. The molecule has 0 saturated heterocycles. The first-order chi connectivity index (χ1) is 8.61. The van der Waals surface area contributed by atoms with Crippen molar-refractivity contribution in [1.29, 1.82) is 0 Å². The van der Waals surface area contributed by atoms with Gasteiger partial charge in [-0.25, -0.2) is 5.43 Å². The van der Waals surface area contributed by atoms with Crippen LogP contribution in [0.1, 0.15) is 28.3 Å². The third kappa shape index (κ3) is 2.80. The molecule has 1 unspecified atom stereocenters. The van der Waals surface area contributed by atoms with E-state index < -0.39 is 0 Å². The van der Waals surface area contributed by atoms with Crippen LogP contribution in [0.3, 0.4) is 0 Å². The zero-order chi connectivity index (χ0) is 13.1. The number of nitrogens with two attached hydrogens (primary N) is 1. The van der Waals surface area contributed by atoms with Crippen molar-refractivity contribution in [2.24, 2.45) is 5.84 Å². The molecule has 3 N–H and O–H groups in total. The number of hydrogen-bond donors (Lipinski definition) is 2. The highest BCUT2D eigenvalue weighted by atomic mass is 79.9. The lowest BCUT2D eigenvalue weighted by Crippen LogP contribution is -2.29. The monoisotopic (exact) mass is 304 g/mol. The molecule has 1 atom stereocenters. The van der Waals surface area contributed by atoms with E-state index in [9.17, 15) is 0 Å². The molecule has 0 heterocycles. The van der Waals surface area contributed by atoms with Crippen molar-refractivity contribution in [3.63, 3.8) is 0 Å². The van der Waals surface area contributed by atoms with E-state index in [-0.39, 0.29) is 6.04 Å². The van der Waals surface area contributed by atoms with Crippen LogP contribution in [0.15, 0.2) is 46.9 Å². The average Bonchev–Trinajstić information content (AvgIpc) is 2.33. The quantitative estimate of drug-likeness (QED) is 0.671. The van der Waals surface area contributed by atoms with Gasteiger partial charge >= 0.3 is 0 Å². The molecule has 0 aromatic heterocycles. The van der Waals surface area contributed by atoms with Crippen LogP contribution in [0.25, 0.3) is 0 Å². The number of rotatable bonds is 3. The Morgan fingerprint density at radius 1 is 1.11 bits per heavy atom. The van der Waals surface area contributed by atoms with Crippen LogP contribution in [-0.2, 0) is 0 Å². The van der Waals surface area contributed by atoms with Gasteiger partial charge in [-0.2, -0.15) is 0 Å². The Kier molecular flexibility index (Phi) is 4.17. The molecule has 0 saturated carbocycles. The van der Waals surface area contributed by atoms with Crippen LogP contribution in [-0.4, -0.2) is 0 Å². The molecule has 0 spiro atoms. The van der Waals surface area contributed by atoms with Crippen LogP contribution in [0.2, 0.25) is 0 Å². The molecule has 2 nitrogen and oxygen atoms in total. The van der Waals surface area contributed by atoms with E-state index in [1.807, 2.05) is 6.07 Å². The molecule has 2 aromatic rings. The number of halogens is 1. The molecular formula is C15H17BrN2. The van der Waals surface area contributed by atoms with E-state index in [1.165, 1.54) is 22.3 Å². The van der Waals surface area contributed by atoms with Crippen molar-refractivity contribution in [1.82, 2.24) is 5.43 Å². The van der Waals surface area contributed by atoms with E-state index in [1.54, 1.807) is 0 Å². The molecule has 0 aliphatic carbocycles. The predicted molar refractivity (Wildman–Crippen MR) is 79.2 cm³/mol. The number of benzene rings is 2. The van der Waals surface area contributed by atoms with Gasteiger partial charge in [0.15, 0.2) is 0 Å². The largest absolute Gasteiger partial charge is 0.271 e. The lowest BCUT2D eigenvalue weighted by molar-refractivity contribution is 0.633. The van der Waals surface area contributed by atoms with E-state index in [2.05, 4.69) is 71.6 Å². The average molecular weight is 305 g/mol. The summed E-state index contributed by atoms with van der Waals surface area (Å²) in [6.45, 7) is 4.19. The summed E-state index contributed by atoms with van der Waals surface area (Å²) in [6, 6.07) is 14.7. The first-order valence-electron chi connectivity index (χ1n) is 5.90. The van der Waals surface area contributed by atoms with E-state index >= 15 is 0 Å². The van der Waals surface area contributed by atoms with Crippen molar-refractivity contribution >= 4 is 15.9 Å². The van der Waals surface area contributed by atoms with Crippen molar-refractivity contribution in [2.45, 2.75) is 19.9 Å². The highest BCUT2D eigenvalue weighted by molar-refractivity contribution is 9.10. The van der Waals surface area contributed by atoms with Crippen LogP contribution in [0.5, 0.6) is 0 Å². The number of nitrogens with one attached hydrogen (secondary N) is 1. The van der Waals surface area contributed by atoms with Gasteiger partial charge in [-0.3, -0.25) is 5.84 Å². The Morgan fingerprint density at radius 2 is 1.89 bits per heavy atom. The summed E-state index contributed by atoms with van der Waals surface area (Å²) in [5.41, 5.74) is 7.75. The van der Waals surface area contributed by atoms with Gasteiger partial charge in [0.25, 0.3) is 0 Å². The van der Waals surface area contributed by atoms with Crippen LogP contribution >= 0.6 is 15.9 Å². The highest BCUT2D eigenvalue weighted by Gasteiger charge is 2.14. The summed E-state index contributed by atoms with van der Waals surface area (Å²) in [4.78, 5) is 0. The van der Waals surface area contributed by atoms with E-state index in [4.69, 9.17) is 5.84 Å². The number of hydrogen-bond acceptors (Lipinski definition) is 2. The van der Waals surface area contributed by atoms with Crippen LogP contribution in [0, 0.1) is 13.8 Å². The Hall–Kier alpha value is -1.16. The maximum absolute atomic E-state index is 5.73. The summed E-state index contributed by atoms with van der Waals surface area (Å²) < 4.78 is 1.09. The summed E-state index contributed by atoms with van der Waals surface area (Å²) in [5.74, 6) is 5.73. The van der Waals surface area contributed by atoms with Gasteiger partial charge in [-0.05, 0) is 42.7 Å². The van der Waals surface area contributed by atoms with Gasteiger partial charge in [-0.15, -0.1) is 0 Å². The molecule has 0 aliphatic heterocycles. The highest BCUT2D eigenvalue weighted by Crippen LogP contribution is 2.26. The second-order valence-electron chi connectivity index (χ2n) is 4.51. The first kappa shape index (κ1) is 13.3. The summed E-state index contributed by atoms with van der Waals surface area (Å²) in [7, 11) is 0. The molecular weight excluding hydrogens is 288 g/mol. The van der Waals surface area contributed by atoms with E-state index in [0.717, 1.165) is 4.47 Å². The van der Waals surface area contributed by atoms with Gasteiger partial charge in [0.2, 0.25) is 0 Å². The minimum absolute atomic E-state index is 0.0259. The fraction of sp³-hybridized carbons (Fsp3) is 0.200. The number of aryl methyl sites for hydroxylation is 2. The number of hydrazine groups is 1. The fourth-order valence-electron chi connectivity index (χ4n) is 2.18. The van der Waals surface area contributed by atoms with E-state index in [0.29, 0.717) is 0 Å². The summed E-state index contributed by atoms with van der Waals surface area (Å²) in [6.07, 6.45) is 0. The van der Waals surface area contributed by atoms with Crippen LogP contribution in [0.4, 0.5) is 0 Å². The van der Waals surface area contributed by atoms with Gasteiger partial charge in [0.1, 0.15) is 0 Å². The Morgan fingerprint density at radius 3 is 2.50 bits per heavy atom. The molecule has 0 radical (unpaired) electrons. The molecule has 0 fully saturated rings. The van der Waals surface area contributed by atoms with Crippen molar-refractivity contribution in [3.8, 4) is 0 Å². The molecule has 0 bridgehead atoms. The maximum Gasteiger partial charge on any atom is 0.0712 e. The predicted octanol–water partition coefficient (Wildman–Crippen LogP) is 3.62. The molecule has 3 heteroatoms. The smallest absolute Gasteiger partial charge is 0.0712 e. The topological polar surface area (TPSA) is 38.0 Å². The Bertz CT molecular complexity index is 552. The van der Waals surface area contributed by atoms with Gasteiger partial charge in [0.05, 0.1) is 6.04 Å². The van der Waals surface area contributed by atoms with Crippen molar-refractivity contribution < 1.29 is 0 Å². The summed E-state index contributed by atoms with van der Waals surface area (Å²) >= 11 is 3.48. The van der Waals surface area contributed by atoms with Crippen molar-refractivity contribution in [3.05, 3.63) is 69.2 Å². The van der Waals surface area contributed by atoms with Crippen LogP contribution < -0.4 is 11.3 Å². The zero-order valence-corrected chi connectivity index (χ0v) is 12.2. The third-order valence-electron chi connectivity index (χ3n) is 3.08. The maximum atomic E-state index is 5.73. The zero-order valence-electron chi connectivity index (χ0n) is 10.6. The molecule has 2 rings (SSSR count). The minimum atomic E-state index is 0.0259. The second-order valence-corrected chi connectivity index (χ2v) is 5.43. The first-order valence-corrected chi connectivity index (χ1v) is 6.70. The molecule has 0 amide bonds. The Labute approximate surface area is 116 Å². The molecule has 18 heavy (non-hydrogen) atoms. The molecule has 94 valence electrons. The lowest BCUT2D eigenvalue weighted by Gasteiger charge is -2.19. The van der Waals surface area contributed by atoms with Gasteiger partial charge in [-0.1, -0.05) is 51.8 Å². The van der Waals surface area contributed by atoms with Gasteiger partial charge < -0.3 is 0 Å². The van der Waals surface area contributed by atoms with Crippen molar-refractivity contribution in [2.75, 3.05) is 0 Å². The molecule has 0 aliphatic rings. The third-order valence-corrected chi connectivity index (χ3v) is 3.58. The van der Waals surface area contributed by atoms with Gasteiger partial charge in [0, 0.05) is 4.47 Å². The Balaban J connectivity index is 2.45. The minimum Gasteiger partial charge on any atom is -0.271 e. The second kappa shape index (κ2) is 5.65. The lowest BCUT2D eigenvalue weighted by atomic mass is 9.95.